The molecule has 2 heterocycles. The molecule has 0 radical (unpaired) electrons. The molecule has 4 nitrogen and oxygen atoms in total. The minimum atomic E-state index is -0.425. The summed E-state index contributed by atoms with van der Waals surface area (Å²) < 4.78 is 5.92. The van der Waals surface area contributed by atoms with Crippen LogP contribution in [0.15, 0.2) is 24.3 Å². The zero-order valence-corrected chi connectivity index (χ0v) is 15.0. The van der Waals surface area contributed by atoms with Crippen molar-refractivity contribution in [2.24, 2.45) is 0 Å². The Labute approximate surface area is 144 Å². The highest BCUT2D eigenvalue weighted by Gasteiger charge is 2.44. The number of carbonyl (C=O) groups is 1. The average molecular weight is 331 g/mol. The van der Waals surface area contributed by atoms with Crippen molar-refractivity contribution in [3.63, 3.8) is 0 Å². The third-order valence-electron chi connectivity index (χ3n) is 5.51. The topological polar surface area (TPSA) is 49.8 Å². The first-order valence-corrected chi connectivity index (χ1v) is 9.04. The Bertz CT molecular complexity index is 580. The quantitative estimate of drug-likeness (QED) is 0.860. The van der Waals surface area contributed by atoms with Crippen LogP contribution in [-0.4, -0.2) is 47.3 Å². The molecule has 2 aliphatic heterocycles. The van der Waals surface area contributed by atoms with Crippen LogP contribution in [0.25, 0.3) is 0 Å². The van der Waals surface area contributed by atoms with Crippen molar-refractivity contribution < 1.29 is 14.6 Å². The number of carbonyl (C=O) groups excluding carboxylic acids is 1. The third-order valence-corrected chi connectivity index (χ3v) is 5.51. The number of hydrogen-bond acceptors (Lipinski definition) is 3. The van der Waals surface area contributed by atoms with Gasteiger partial charge in [0, 0.05) is 25.3 Å². The molecule has 0 unspecified atom stereocenters. The number of aliphatic hydroxyl groups is 1. The van der Waals surface area contributed by atoms with E-state index in [0.717, 1.165) is 37.9 Å². The maximum Gasteiger partial charge on any atom is 0.253 e. The lowest BCUT2D eigenvalue weighted by Crippen LogP contribution is -2.56. The van der Waals surface area contributed by atoms with Gasteiger partial charge in [-0.1, -0.05) is 32.9 Å². The lowest BCUT2D eigenvalue weighted by atomic mass is 9.82. The van der Waals surface area contributed by atoms with E-state index in [1.54, 1.807) is 0 Å². The first kappa shape index (κ1) is 17.4. The van der Waals surface area contributed by atoms with E-state index in [4.69, 9.17) is 4.74 Å². The zero-order valence-electron chi connectivity index (χ0n) is 15.0. The minimum Gasteiger partial charge on any atom is -0.390 e. The Morgan fingerprint density at radius 1 is 1.21 bits per heavy atom. The number of benzene rings is 1. The maximum atomic E-state index is 12.7. The second-order valence-corrected chi connectivity index (χ2v) is 8.19. The van der Waals surface area contributed by atoms with Gasteiger partial charge < -0.3 is 14.7 Å². The van der Waals surface area contributed by atoms with Crippen molar-refractivity contribution >= 4 is 5.91 Å². The van der Waals surface area contributed by atoms with Gasteiger partial charge in [0.05, 0.1) is 11.7 Å². The molecule has 2 aliphatic rings. The first-order chi connectivity index (χ1) is 11.3. The molecular weight excluding hydrogens is 302 g/mol. The van der Waals surface area contributed by atoms with E-state index in [0.29, 0.717) is 13.1 Å². The van der Waals surface area contributed by atoms with Crippen molar-refractivity contribution in [1.82, 2.24) is 4.90 Å². The van der Waals surface area contributed by atoms with Crippen LogP contribution in [0.4, 0.5) is 0 Å². The van der Waals surface area contributed by atoms with Gasteiger partial charge in [0.25, 0.3) is 5.91 Å². The normalized spacial score (nSPS) is 24.2. The molecule has 132 valence electrons. The number of piperidine rings is 1. The molecular formula is C20H29NO3. The van der Waals surface area contributed by atoms with Gasteiger partial charge in [-0.3, -0.25) is 4.79 Å². The molecule has 1 aromatic rings. The summed E-state index contributed by atoms with van der Waals surface area (Å²) in [6.45, 7) is 8.53. The van der Waals surface area contributed by atoms with E-state index in [1.165, 1.54) is 5.56 Å². The zero-order chi connectivity index (χ0) is 17.4. The predicted octanol–water partition coefficient (Wildman–Crippen LogP) is 3.13. The second-order valence-electron chi connectivity index (χ2n) is 8.19. The fraction of sp³-hybridized carbons (Fsp3) is 0.650. The first-order valence-electron chi connectivity index (χ1n) is 9.04. The monoisotopic (exact) mass is 331 g/mol. The molecule has 0 saturated carbocycles. The van der Waals surface area contributed by atoms with E-state index in [-0.39, 0.29) is 11.3 Å². The van der Waals surface area contributed by atoms with Crippen LogP contribution in [0.3, 0.4) is 0 Å². The van der Waals surface area contributed by atoms with E-state index in [9.17, 15) is 9.90 Å². The molecule has 1 atom stereocenters. The van der Waals surface area contributed by atoms with E-state index in [2.05, 4.69) is 20.8 Å². The van der Waals surface area contributed by atoms with Crippen LogP contribution in [-0.2, 0) is 10.2 Å². The Kier molecular flexibility index (Phi) is 4.71. The summed E-state index contributed by atoms with van der Waals surface area (Å²) in [5.41, 5.74) is 1.64. The number of aliphatic hydroxyl groups excluding tert-OH is 1. The molecule has 1 aromatic carbocycles. The van der Waals surface area contributed by atoms with Crippen molar-refractivity contribution in [2.45, 2.75) is 63.6 Å². The van der Waals surface area contributed by atoms with Gasteiger partial charge in [-0.2, -0.15) is 0 Å². The van der Waals surface area contributed by atoms with E-state index in [1.807, 2.05) is 29.2 Å². The Balaban J connectivity index is 1.65. The fourth-order valence-electron chi connectivity index (χ4n) is 3.77. The fourth-order valence-corrected chi connectivity index (χ4v) is 3.77. The van der Waals surface area contributed by atoms with E-state index >= 15 is 0 Å². The molecule has 1 N–H and O–H groups in total. The van der Waals surface area contributed by atoms with E-state index < -0.39 is 11.7 Å². The van der Waals surface area contributed by atoms with Gasteiger partial charge in [0.2, 0.25) is 0 Å². The van der Waals surface area contributed by atoms with Gasteiger partial charge in [-0.25, -0.2) is 0 Å². The summed E-state index contributed by atoms with van der Waals surface area (Å²) in [5, 5.41) is 10.3. The van der Waals surface area contributed by atoms with Crippen LogP contribution in [0, 0.1) is 0 Å². The summed E-state index contributed by atoms with van der Waals surface area (Å²) in [7, 11) is 0. The van der Waals surface area contributed by atoms with Gasteiger partial charge in [-0.15, -0.1) is 0 Å². The number of hydrogen-bond donors (Lipinski definition) is 1. The molecule has 4 heteroatoms. The molecule has 2 saturated heterocycles. The number of likely N-dealkylation sites (tertiary alicyclic amines) is 1. The molecule has 24 heavy (non-hydrogen) atoms. The molecule has 1 spiro atoms. The summed E-state index contributed by atoms with van der Waals surface area (Å²) in [5.74, 6) is 0.0793. The number of ether oxygens (including phenoxy) is 1. The highest BCUT2D eigenvalue weighted by Crippen LogP contribution is 2.35. The van der Waals surface area contributed by atoms with Gasteiger partial charge >= 0.3 is 0 Å². The summed E-state index contributed by atoms with van der Waals surface area (Å²) >= 11 is 0. The lowest BCUT2D eigenvalue weighted by Gasteiger charge is -2.46. The smallest absolute Gasteiger partial charge is 0.253 e. The Hall–Kier alpha value is -1.39. The van der Waals surface area contributed by atoms with Gasteiger partial charge in [0.1, 0.15) is 0 Å². The van der Waals surface area contributed by atoms with Gasteiger partial charge in [-0.05, 0) is 48.8 Å². The third kappa shape index (κ3) is 3.35. The molecule has 0 aromatic heterocycles. The van der Waals surface area contributed by atoms with Crippen LogP contribution in [0.2, 0.25) is 0 Å². The largest absolute Gasteiger partial charge is 0.390 e. The number of nitrogens with zero attached hydrogens (tertiary/aromatic N) is 1. The molecule has 2 fully saturated rings. The highest BCUT2D eigenvalue weighted by molar-refractivity contribution is 5.94. The Morgan fingerprint density at radius 3 is 2.38 bits per heavy atom. The SMILES string of the molecule is CC(C)(C)c1ccc(C(=O)N2CCC3(CC2)OCCC[C@H]3O)cc1. The lowest BCUT2D eigenvalue weighted by molar-refractivity contribution is -0.174. The van der Waals surface area contributed by atoms with Crippen molar-refractivity contribution in [3.8, 4) is 0 Å². The van der Waals surface area contributed by atoms with Crippen LogP contribution in [0.5, 0.6) is 0 Å². The van der Waals surface area contributed by atoms with Crippen LogP contribution in [0.1, 0.15) is 62.4 Å². The molecule has 0 aliphatic carbocycles. The summed E-state index contributed by atoms with van der Waals surface area (Å²) in [6.07, 6.45) is 2.78. The Morgan fingerprint density at radius 2 is 1.83 bits per heavy atom. The van der Waals surface area contributed by atoms with Crippen molar-refractivity contribution in [2.75, 3.05) is 19.7 Å². The number of amides is 1. The summed E-state index contributed by atoms with van der Waals surface area (Å²) in [6, 6.07) is 7.96. The van der Waals surface area contributed by atoms with Crippen molar-refractivity contribution in [1.29, 1.82) is 0 Å². The van der Waals surface area contributed by atoms with Crippen LogP contribution >= 0.6 is 0 Å². The average Bonchev–Trinajstić information content (AvgIpc) is 2.57. The van der Waals surface area contributed by atoms with Crippen molar-refractivity contribution in [3.05, 3.63) is 35.4 Å². The van der Waals surface area contributed by atoms with Crippen LogP contribution < -0.4 is 0 Å². The molecule has 0 bridgehead atoms. The molecule has 3 rings (SSSR count). The highest BCUT2D eigenvalue weighted by atomic mass is 16.5. The molecule has 1 amide bonds. The standard InChI is InChI=1S/C20H29NO3/c1-19(2,3)16-8-6-15(7-9-16)18(23)21-12-10-20(11-13-21)17(22)5-4-14-24-20/h6-9,17,22H,4-5,10-14H2,1-3H3/t17-/m1/s1. The maximum absolute atomic E-state index is 12.7. The predicted molar refractivity (Wildman–Crippen MR) is 94.2 cm³/mol. The minimum absolute atomic E-state index is 0.0793. The number of rotatable bonds is 1. The summed E-state index contributed by atoms with van der Waals surface area (Å²) in [4.78, 5) is 14.6. The van der Waals surface area contributed by atoms with Gasteiger partial charge in [0.15, 0.2) is 0 Å². The second kappa shape index (κ2) is 6.49.